The highest BCUT2D eigenvalue weighted by Gasteiger charge is 2.35. The van der Waals surface area contributed by atoms with Gasteiger partial charge in [-0.05, 0) is 36.8 Å². The van der Waals surface area contributed by atoms with Crippen molar-refractivity contribution in [2.75, 3.05) is 10.7 Å². The second-order valence-electron chi connectivity index (χ2n) is 6.61. The van der Waals surface area contributed by atoms with Gasteiger partial charge in [-0.15, -0.1) is 5.10 Å². The number of amidine groups is 1. The number of aromatic nitrogens is 2. The molecular formula is C21H18ClN5O2S. The molecule has 1 aromatic heterocycles. The van der Waals surface area contributed by atoms with Gasteiger partial charge in [0.15, 0.2) is 5.17 Å². The molecule has 4 rings (SSSR count). The van der Waals surface area contributed by atoms with Crippen LogP contribution in [0.4, 0.5) is 5.69 Å². The van der Waals surface area contributed by atoms with Gasteiger partial charge < -0.3 is 0 Å². The molecule has 1 aliphatic heterocycles. The maximum Gasteiger partial charge on any atom is 0.296 e. The molecule has 2 aromatic carbocycles. The second-order valence-corrected chi connectivity index (χ2v) is 7.99. The summed E-state index contributed by atoms with van der Waals surface area (Å²) >= 11 is 7.14. The minimum Gasteiger partial charge on any atom is -0.283 e. The summed E-state index contributed by atoms with van der Waals surface area (Å²) in [5.41, 5.74) is 2.21. The lowest BCUT2D eigenvalue weighted by Crippen LogP contribution is -2.34. The zero-order valence-corrected chi connectivity index (χ0v) is 17.9. The number of benzene rings is 2. The van der Waals surface area contributed by atoms with E-state index in [2.05, 4.69) is 10.2 Å². The first-order valence-corrected chi connectivity index (χ1v) is 10.5. The quantitative estimate of drug-likeness (QED) is 0.460. The lowest BCUT2D eigenvalue weighted by atomic mass is 10.2. The number of halogens is 1. The third kappa shape index (κ3) is 3.71. The van der Waals surface area contributed by atoms with Crippen LogP contribution in [0.15, 0.2) is 69.6 Å². The number of para-hydroxylation sites is 1. The molecular weight excluding hydrogens is 422 g/mol. The van der Waals surface area contributed by atoms with Crippen molar-refractivity contribution in [3.8, 4) is 5.69 Å². The molecule has 0 unspecified atom stereocenters. The lowest BCUT2D eigenvalue weighted by Gasteiger charge is -2.13. The molecule has 7 nitrogen and oxygen atoms in total. The standard InChI is InChI=1S/C21H18ClN5O2S/c1-14-19(20(29)27(25(14)2)17-6-4-3-5-7-17)26-18(28)13-30-21(26)24-23-12-15-8-10-16(22)11-9-15/h3-12H,13H2,1-2H3/b23-12+,24-21-. The Kier molecular flexibility index (Phi) is 5.61. The van der Waals surface area contributed by atoms with Crippen LogP contribution >= 0.6 is 23.4 Å². The van der Waals surface area contributed by atoms with E-state index in [0.717, 1.165) is 11.3 Å². The van der Waals surface area contributed by atoms with Gasteiger partial charge in [0, 0.05) is 12.1 Å². The number of rotatable bonds is 4. The zero-order valence-electron chi connectivity index (χ0n) is 16.3. The first-order chi connectivity index (χ1) is 14.5. The van der Waals surface area contributed by atoms with E-state index in [-0.39, 0.29) is 22.9 Å². The number of hydrogen-bond acceptors (Lipinski definition) is 5. The molecule has 30 heavy (non-hydrogen) atoms. The Morgan fingerprint density at radius 1 is 1.07 bits per heavy atom. The van der Waals surface area contributed by atoms with Gasteiger partial charge in [-0.3, -0.25) is 14.3 Å². The predicted molar refractivity (Wildman–Crippen MR) is 122 cm³/mol. The monoisotopic (exact) mass is 439 g/mol. The van der Waals surface area contributed by atoms with E-state index in [9.17, 15) is 9.59 Å². The number of hydrogen-bond donors (Lipinski definition) is 0. The maximum atomic E-state index is 13.2. The minimum absolute atomic E-state index is 0.202. The van der Waals surface area contributed by atoms with Gasteiger partial charge in [-0.1, -0.05) is 53.7 Å². The predicted octanol–water partition coefficient (Wildman–Crippen LogP) is 3.61. The van der Waals surface area contributed by atoms with Crippen LogP contribution in [0.1, 0.15) is 11.3 Å². The topological polar surface area (TPSA) is 72.0 Å². The van der Waals surface area contributed by atoms with Gasteiger partial charge in [-0.25, -0.2) is 9.58 Å². The first-order valence-electron chi connectivity index (χ1n) is 9.13. The Labute approximate surface area is 182 Å². The summed E-state index contributed by atoms with van der Waals surface area (Å²) in [5, 5.41) is 9.31. The van der Waals surface area contributed by atoms with Gasteiger partial charge >= 0.3 is 0 Å². The molecule has 0 aliphatic carbocycles. The molecule has 0 radical (unpaired) electrons. The SMILES string of the molecule is Cc1c(N2C(=O)CS/C2=N\N=C\c2ccc(Cl)cc2)c(=O)n(-c2ccccc2)n1C. The largest absolute Gasteiger partial charge is 0.296 e. The molecule has 1 aliphatic rings. The summed E-state index contributed by atoms with van der Waals surface area (Å²) in [6.45, 7) is 1.81. The number of anilines is 1. The normalized spacial score (nSPS) is 15.6. The molecule has 1 saturated heterocycles. The highest BCUT2D eigenvalue weighted by atomic mass is 35.5. The Bertz CT molecular complexity index is 1210. The Morgan fingerprint density at radius 3 is 2.47 bits per heavy atom. The summed E-state index contributed by atoms with van der Waals surface area (Å²) in [6.07, 6.45) is 1.57. The van der Waals surface area contributed by atoms with Crippen molar-refractivity contribution in [2.24, 2.45) is 17.3 Å². The molecule has 1 fully saturated rings. The van der Waals surface area contributed by atoms with Crippen molar-refractivity contribution in [3.63, 3.8) is 0 Å². The number of amides is 1. The molecule has 1 amide bonds. The fraction of sp³-hybridized carbons (Fsp3) is 0.143. The third-order valence-electron chi connectivity index (χ3n) is 4.73. The molecule has 0 atom stereocenters. The van der Waals surface area contributed by atoms with Crippen molar-refractivity contribution < 1.29 is 4.79 Å². The van der Waals surface area contributed by atoms with Gasteiger partial charge in [-0.2, -0.15) is 5.10 Å². The van der Waals surface area contributed by atoms with E-state index in [4.69, 9.17) is 11.6 Å². The van der Waals surface area contributed by atoms with Gasteiger partial charge in [0.25, 0.3) is 5.56 Å². The van der Waals surface area contributed by atoms with Crippen LogP contribution in [-0.2, 0) is 11.8 Å². The van der Waals surface area contributed by atoms with E-state index in [1.807, 2.05) is 42.5 Å². The highest BCUT2D eigenvalue weighted by Crippen LogP contribution is 2.28. The lowest BCUT2D eigenvalue weighted by molar-refractivity contribution is -0.115. The van der Waals surface area contributed by atoms with Gasteiger partial charge in [0.2, 0.25) is 5.91 Å². The minimum atomic E-state index is -0.286. The molecule has 0 saturated carbocycles. The van der Waals surface area contributed by atoms with Crippen LogP contribution in [-0.4, -0.2) is 32.4 Å². The van der Waals surface area contributed by atoms with E-state index >= 15 is 0 Å². The van der Waals surface area contributed by atoms with Crippen LogP contribution in [0.5, 0.6) is 0 Å². The second kappa shape index (κ2) is 8.33. The Balaban J connectivity index is 1.72. The average Bonchev–Trinajstić information content (AvgIpc) is 3.20. The number of nitrogens with zero attached hydrogens (tertiary/aromatic N) is 5. The smallest absolute Gasteiger partial charge is 0.283 e. The summed E-state index contributed by atoms with van der Waals surface area (Å²) in [5.74, 6) is 0.000430. The van der Waals surface area contributed by atoms with Crippen LogP contribution in [0.25, 0.3) is 5.69 Å². The van der Waals surface area contributed by atoms with Crippen LogP contribution in [0.3, 0.4) is 0 Å². The molecule has 152 valence electrons. The molecule has 2 heterocycles. The van der Waals surface area contributed by atoms with Crippen molar-refractivity contribution in [1.82, 2.24) is 9.36 Å². The first kappa shape index (κ1) is 20.2. The van der Waals surface area contributed by atoms with E-state index in [0.29, 0.717) is 15.9 Å². The van der Waals surface area contributed by atoms with Crippen molar-refractivity contribution in [3.05, 3.63) is 81.2 Å². The average molecular weight is 440 g/mol. The van der Waals surface area contributed by atoms with Crippen LogP contribution in [0.2, 0.25) is 5.02 Å². The highest BCUT2D eigenvalue weighted by molar-refractivity contribution is 8.15. The molecule has 0 bridgehead atoms. The van der Waals surface area contributed by atoms with E-state index < -0.39 is 0 Å². The molecule has 0 N–H and O–H groups in total. The molecule has 3 aromatic rings. The number of carbonyl (C=O) groups excluding carboxylic acids is 1. The molecule has 9 heteroatoms. The Hall–Kier alpha value is -3.10. The van der Waals surface area contributed by atoms with Crippen molar-refractivity contribution in [2.45, 2.75) is 6.92 Å². The van der Waals surface area contributed by atoms with Crippen LogP contribution < -0.4 is 10.5 Å². The summed E-state index contributed by atoms with van der Waals surface area (Å²) in [6, 6.07) is 16.4. The number of carbonyl (C=O) groups is 1. The van der Waals surface area contributed by atoms with Crippen molar-refractivity contribution >= 4 is 46.3 Å². The van der Waals surface area contributed by atoms with Gasteiger partial charge in [0.05, 0.1) is 23.3 Å². The fourth-order valence-electron chi connectivity index (χ4n) is 3.16. The maximum absolute atomic E-state index is 13.2. The zero-order chi connectivity index (χ0) is 21.3. The van der Waals surface area contributed by atoms with Crippen molar-refractivity contribution in [1.29, 1.82) is 0 Å². The van der Waals surface area contributed by atoms with Gasteiger partial charge in [0.1, 0.15) is 5.69 Å². The summed E-state index contributed by atoms with van der Waals surface area (Å²) in [7, 11) is 1.79. The van der Waals surface area contributed by atoms with E-state index in [1.165, 1.54) is 21.3 Å². The van der Waals surface area contributed by atoms with E-state index in [1.54, 1.807) is 37.0 Å². The van der Waals surface area contributed by atoms with Crippen LogP contribution in [0, 0.1) is 6.92 Å². The molecule has 0 spiro atoms. The fourth-order valence-corrected chi connectivity index (χ4v) is 4.10. The number of thioether (sulfide) groups is 1. The third-order valence-corrected chi connectivity index (χ3v) is 5.90. The summed E-state index contributed by atoms with van der Waals surface area (Å²) < 4.78 is 3.27. The summed E-state index contributed by atoms with van der Waals surface area (Å²) in [4.78, 5) is 27.2. The Morgan fingerprint density at radius 2 is 1.77 bits per heavy atom.